The maximum atomic E-state index is 12.6. The molecule has 0 spiro atoms. The van der Waals surface area contributed by atoms with Crippen molar-refractivity contribution in [3.05, 3.63) is 57.3 Å². The minimum atomic E-state index is -4.72. The molecule has 0 fully saturated rings. The maximum Gasteiger partial charge on any atom is 0.573 e. The van der Waals surface area contributed by atoms with E-state index in [2.05, 4.69) is 19.7 Å². The number of benzene rings is 1. The van der Waals surface area contributed by atoms with Gasteiger partial charge in [-0.25, -0.2) is 4.98 Å². The van der Waals surface area contributed by atoms with E-state index in [0.717, 1.165) is 37.2 Å². The fourth-order valence-corrected chi connectivity index (χ4v) is 3.74. The van der Waals surface area contributed by atoms with E-state index in [1.807, 2.05) is 4.90 Å². The van der Waals surface area contributed by atoms with Crippen LogP contribution >= 0.6 is 0 Å². The maximum absolute atomic E-state index is 12.6. The van der Waals surface area contributed by atoms with Crippen LogP contribution < -0.4 is 10.3 Å². The van der Waals surface area contributed by atoms with Crippen LogP contribution in [-0.2, 0) is 19.5 Å². The summed E-state index contributed by atoms with van der Waals surface area (Å²) in [6.07, 6.45) is -1.18. The topological polar surface area (TPSA) is 70.6 Å². The van der Waals surface area contributed by atoms with Gasteiger partial charge in [0, 0.05) is 32.6 Å². The normalized spacial score (nSPS) is 17.6. The van der Waals surface area contributed by atoms with Gasteiger partial charge in [-0.1, -0.05) is 12.1 Å². The molecule has 1 N–H and O–H groups in total. The molecule has 2 aliphatic rings. The summed E-state index contributed by atoms with van der Waals surface area (Å²) >= 11 is 0. The number of alkyl halides is 3. The predicted octanol–water partition coefficient (Wildman–Crippen LogP) is 3.20. The van der Waals surface area contributed by atoms with Gasteiger partial charge in [-0.2, -0.15) is 0 Å². The van der Waals surface area contributed by atoms with Crippen LogP contribution in [0.4, 0.5) is 13.2 Å². The zero-order valence-electron chi connectivity index (χ0n) is 15.8. The van der Waals surface area contributed by atoms with E-state index in [0.29, 0.717) is 43.0 Å². The summed E-state index contributed by atoms with van der Waals surface area (Å²) in [5.41, 5.74) is 2.77. The largest absolute Gasteiger partial charge is 0.573 e. The zero-order chi connectivity index (χ0) is 20.4. The standard InChI is InChI=1S/C20H21F3N4O2/c21-20(22,23)29-14-5-3-4-13(10-14)11-27-9-7-16-15(12-27)19(28)26-18(25-16)17-6-1-2-8-24-17/h3-5,10H,1-2,6-9,11-12H2,(H,25,26,28). The quantitative estimate of drug-likeness (QED) is 0.847. The smallest absolute Gasteiger partial charge is 0.406 e. The Balaban J connectivity index is 1.49. The number of hydrogen-bond acceptors (Lipinski definition) is 5. The lowest BCUT2D eigenvalue weighted by Crippen LogP contribution is -2.36. The minimum Gasteiger partial charge on any atom is -0.406 e. The van der Waals surface area contributed by atoms with Gasteiger partial charge in [0.1, 0.15) is 5.75 Å². The molecule has 0 amide bonds. The summed E-state index contributed by atoms with van der Waals surface area (Å²) in [6, 6.07) is 5.91. The van der Waals surface area contributed by atoms with Gasteiger partial charge in [-0.05, 0) is 37.0 Å². The molecule has 0 unspecified atom stereocenters. The molecule has 154 valence electrons. The Kier molecular flexibility index (Phi) is 5.40. The van der Waals surface area contributed by atoms with Gasteiger partial charge < -0.3 is 9.72 Å². The Morgan fingerprint density at radius 2 is 2.07 bits per heavy atom. The Morgan fingerprint density at radius 1 is 1.21 bits per heavy atom. The van der Waals surface area contributed by atoms with Gasteiger partial charge in [0.2, 0.25) is 0 Å². The highest BCUT2D eigenvalue weighted by molar-refractivity contribution is 5.97. The molecule has 1 aromatic heterocycles. The Labute approximate surface area is 165 Å². The molecule has 3 heterocycles. The molecule has 0 saturated heterocycles. The average Bonchev–Trinajstić information content (AvgIpc) is 2.68. The number of aromatic nitrogens is 2. The highest BCUT2D eigenvalue weighted by Gasteiger charge is 2.31. The van der Waals surface area contributed by atoms with Crippen molar-refractivity contribution >= 4 is 5.71 Å². The van der Waals surface area contributed by atoms with Crippen molar-refractivity contribution in [2.75, 3.05) is 13.1 Å². The van der Waals surface area contributed by atoms with Gasteiger partial charge in [0.15, 0.2) is 5.82 Å². The fourth-order valence-electron chi connectivity index (χ4n) is 3.74. The van der Waals surface area contributed by atoms with Crippen LogP contribution in [0.15, 0.2) is 34.1 Å². The molecule has 9 heteroatoms. The third-order valence-electron chi connectivity index (χ3n) is 5.08. The lowest BCUT2D eigenvalue weighted by atomic mass is 10.0. The van der Waals surface area contributed by atoms with Crippen molar-refractivity contribution in [2.24, 2.45) is 4.99 Å². The van der Waals surface area contributed by atoms with E-state index in [-0.39, 0.29) is 11.3 Å². The van der Waals surface area contributed by atoms with Crippen molar-refractivity contribution in [1.82, 2.24) is 14.9 Å². The van der Waals surface area contributed by atoms with Crippen LogP contribution in [0.25, 0.3) is 0 Å². The number of halogens is 3. The van der Waals surface area contributed by atoms with Crippen LogP contribution in [0.5, 0.6) is 5.75 Å². The summed E-state index contributed by atoms with van der Waals surface area (Å²) in [5.74, 6) is 0.323. The molecular formula is C20H21F3N4O2. The molecule has 29 heavy (non-hydrogen) atoms. The van der Waals surface area contributed by atoms with Crippen LogP contribution in [-0.4, -0.2) is 40.0 Å². The molecule has 0 atom stereocenters. The van der Waals surface area contributed by atoms with E-state index in [1.54, 1.807) is 6.07 Å². The van der Waals surface area contributed by atoms with Crippen molar-refractivity contribution in [3.63, 3.8) is 0 Å². The molecule has 0 aliphatic carbocycles. The number of fused-ring (bicyclic) bond motifs is 1. The molecule has 2 aromatic rings. The Morgan fingerprint density at radius 3 is 2.83 bits per heavy atom. The van der Waals surface area contributed by atoms with Crippen LogP contribution in [0.3, 0.4) is 0 Å². The molecule has 0 saturated carbocycles. The summed E-state index contributed by atoms with van der Waals surface area (Å²) in [7, 11) is 0. The first-order chi connectivity index (χ1) is 13.9. The molecule has 2 aliphatic heterocycles. The molecule has 6 nitrogen and oxygen atoms in total. The summed E-state index contributed by atoms with van der Waals surface area (Å²) in [6.45, 7) is 2.25. The zero-order valence-corrected chi connectivity index (χ0v) is 15.8. The SMILES string of the molecule is O=c1[nH]c(C2=NCCCC2)nc2c1CN(Cc1cccc(OC(F)(F)F)c1)CC2. The van der Waals surface area contributed by atoms with E-state index in [9.17, 15) is 18.0 Å². The number of H-pyrrole nitrogens is 1. The number of nitrogens with one attached hydrogen (secondary N) is 1. The summed E-state index contributed by atoms with van der Waals surface area (Å²) in [4.78, 5) is 26.6. The molecule has 1 aromatic carbocycles. The lowest BCUT2D eigenvalue weighted by molar-refractivity contribution is -0.274. The van der Waals surface area contributed by atoms with Crippen molar-refractivity contribution in [3.8, 4) is 5.75 Å². The Bertz CT molecular complexity index is 984. The van der Waals surface area contributed by atoms with E-state index >= 15 is 0 Å². The summed E-state index contributed by atoms with van der Waals surface area (Å²) in [5, 5.41) is 0. The number of ether oxygens (including phenoxy) is 1. The third kappa shape index (κ3) is 4.84. The molecular weight excluding hydrogens is 385 g/mol. The lowest BCUT2D eigenvalue weighted by Gasteiger charge is -2.28. The predicted molar refractivity (Wildman–Crippen MR) is 101 cm³/mol. The first kappa shape index (κ1) is 19.6. The van der Waals surface area contributed by atoms with Crippen LogP contribution in [0.2, 0.25) is 0 Å². The number of nitrogens with zero attached hydrogens (tertiary/aromatic N) is 3. The second-order valence-corrected chi connectivity index (χ2v) is 7.28. The number of aromatic amines is 1. The summed E-state index contributed by atoms with van der Waals surface area (Å²) < 4.78 is 41.2. The van der Waals surface area contributed by atoms with Gasteiger partial charge >= 0.3 is 6.36 Å². The van der Waals surface area contributed by atoms with Crippen molar-refractivity contribution in [2.45, 2.75) is 45.1 Å². The first-order valence-electron chi connectivity index (χ1n) is 9.60. The van der Waals surface area contributed by atoms with E-state index < -0.39 is 6.36 Å². The average molecular weight is 406 g/mol. The van der Waals surface area contributed by atoms with Gasteiger partial charge in [-0.15, -0.1) is 13.2 Å². The third-order valence-corrected chi connectivity index (χ3v) is 5.08. The highest BCUT2D eigenvalue weighted by Crippen LogP contribution is 2.25. The number of hydrogen-bond donors (Lipinski definition) is 1. The van der Waals surface area contributed by atoms with Gasteiger partial charge in [-0.3, -0.25) is 14.7 Å². The van der Waals surface area contributed by atoms with E-state index in [1.165, 1.54) is 18.2 Å². The second-order valence-electron chi connectivity index (χ2n) is 7.28. The van der Waals surface area contributed by atoms with Crippen molar-refractivity contribution < 1.29 is 17.9 Å². The number of aliphatic imine (C=N–C) groups is 1. The molecule has 0 radical (unpaired) electrons. The fraction of sp³-hybridized carbons (Fsp3) is 0.450. The van der Waals surface area contributed by atoms with Gasteiger partial charge in [0.25, 0.3) is 5.56 Å². The Hall–Kier alpha value is -2.68. The van der Waals surface area contributed by atoms with Gasteiger partial charge in [0.05, 0.1) is 17.0 Å². The van der Waals surface area contributed by atoms with Crippen LogP contribution in [0, 0.1) is 0 Å². The molecule has 4 rings (SSSR count). The molecule has 0 bridgehead atoms. The highest BCUT2D eigenvalue weighted by atomic mass is 19.4. The minimum absolute atomic E-state index is 0.169. The van der Waals surface area contributed by atoms with E-state index in [4.69, 9.17) is 0 Å². The van der Waals surface area contributed by atoms with Crippen LogP contribution in [0.1, 0.15) is 41.9 Å². The van der Waals surface area contributed by atoms with Crippen molar-refractivity contribution in [1.29, 1.82) is 0 Å². The monoisotopic (exact) mass is 406 g/mol. The second kappa shape index (κ2) is 7.98. The number of rotatable bonds is 4. The first-order valence-corrected chi connectivity index (χ1v) is 9.60.